The van der Waals surface area contributed by atoms with E-state index >= 15 is 0 Å². The van der Waals surface area contributed by atoms with Crippen LogP contribution >= 0.6 is 0 Å². The molecule has 8 nitrogen and oxygen atoms in total. The van der Waals surface area contributed by atoms with Crippen molar-refractivity contribution in [3.63, 3.8) is 0 Å². The smallest absolute Gasteiger partial charge is 0.258 e. The van der Waals surface area contributed by atoms with Crippen LogP contribution in [0.3, 0.4) is 0 Å². The van der Waals surface area contributed by atoms with Gasteiger partial charge in [-0.3, -0.25) is 29.4 Å². The first-order valence-corrected chi connectivity index (χ1v) is 14.9. The Hall–Kier alpha value is -4.30. The lowest BCUT2D eigenvalue weighted by molar-refractivity contribution is -0.136. The molecule has 0 bridgehead atoms. The molecule has 3 aromatic carbocycles. The molecule has 1 N–H and O–H groups in total. The van der Waals surface area contributed by atoms with Crippen molar-refractivity contribution in [2.75, 3.05) is 24.5 Å². The normalized spacial score (nSPS) is 21.4. The Labute approximate surface area is 245 Å². The van der Waals surface area contributed by atoms with Crippen LogP contribution in [0.4, 0.5) is 5.69 Å². The molecule has 1 atom stereocenters. The third kappa shape index (κ3) is 4.79. The molecule has 4 aliphatic heterocycles. The van der Waals surface area contributed by atoms with Crippen LogP contribution in [-0.4, -0.2) is 59.1 Å². The monoisotopic (exact) mass is 562 g/mol. The van der Waals surface area contributed by atoms with Crippen LogP contribution in [0, 0.1) is 0 Å². The second-order valence-corrected chi connectivity index (χ2v) is 11.9. The summed E-state index contributed by atoms with van der Waals surface area (Å²) in [6, 6.07) is 21.6. The highest BCUT2D eigenvalue weighted by Crippen LogP contribution is 2.35. The van der Waals surface area contributed by atoms with Gasteiger partial charge in [-0.05, 0) is 91.2 Å². The van der Waals surface area contributed by atoms with Crippen LogP contribution in [-0.2, 0) is 29.1 Å². The number of piperidine rings is 2. The van der Waals surface area contributed by atoms with E-state index in [9.17, 15) is 19.2 Å². The average Bonchev–Trinajstić information content (AvgIpc) is 3.33. The lowest BCUT2D eigenvalue weighted by atomic mass is 9.87. The summed E-state index contributed by atoms with van der Waals surface area (Å²) in [6.45, 7) is 3.88. The van der Waals surface area contributed by atoms with Crippen molar-refractivity contribution >= 4 is 29.3 Å². The number of para-hydroxylation sites is 1. The van der Waals surface area contributed by atoms with Gasteiger partial charge in [0, 0.05) is 42.9 Å². The SMILES string of the molecule is O=C1CCC(N2Cc3cc(C4CCN(Cc5cccc6c5CCN(c5ccccc5)C6=O)CC4)ccc3C2=O)C(=O)N1. The molecule has 0 aliphatic carbocycles. The molecule has 0 spiro atoms. The number of carbonyl (C=O) groups excluding carboxylic acids is 4. The average molecular weight is 563 g/mol. The number of benzene rings is 3. The van der Waals surface area contributed by atoms with E-state index in [0.29, 0.717) is 31.0 Å². The number of anilines is 1. The maximum Gasteiger partial charge on any atom is 0.258 e. The zero-order valence-corrected chi connectivity index (χ0v) is 23.6. The number of rotatable bonds is 5. The van der Waals surface area contributed by atoms with Gasteiger partial charge in [-0.1, -0.05) is 42.5 Å². The van der Waals surface area contributed by atoms with Gasteiger partial charge >= 0.3 is 0 Å². The van der Waals surface area contributed by atoms with Gasteiger partial charge in [0.25, 0.3) is 11.8 Å². The molecular weight excluding hydrogens is 528 g/mol. The summed E-state index contributed by atoms with van der Waals surface area (Å²) in [5.41, 5.74) is 7.06. The van der Waals surface area contributed by atoms with Crippen molar-refractivity contribution in [1.82, 2.24) is 15.1 Å². The van der Waals surface area contributed by atoms with Gasteiger partial charge in [0.05, 0.1) is 0 Å². The lowest BCUT2D eigenvalue weighted by Gasteiger charge is -2.34. The molecule has 0 aromatic heterocycles. The van der Waals surface area contributed by atoms with Gasteiger partial charge < -0.3 is 9.80 Å². The third-order valence-electron chi connectivity index (χ3n) is 9.40. The summed E-state index contributed by atoms with van der Waals surface area (Å²) >= 11 is 0. The van der Waals surface area contributed by atoms with Crippen LogP contribution in [0.15, 0.2) is 66.7 Å². The Morgan fingerprint density at radius 2 is 1.57 bits per heavy atom. The van der Waals surface area contributed by atoms with Crippen molar-refractivity contribution in [3.05, 3.63) is 100 Å². The predicted molar refractivity (Wildman–Crippen MR) is 158 cm³/mol. The first kappa shape index (κ1) is 26.6. The molecule has 0 radical (unpaired) electrons. The molecule has 4 amide bonds. The van der Waals surface area contributed by atoms with Gasteiger partial charge in [0.15, 0.2) is 0 Å². The number of hydrogen-bond donors (Lipinski definition) is 1. The number of fused-ring (bicyclic) bond motifs is 2. The Morgan fingerprint density at radius 1 is 0.762 bits per heavy atom. The van der Waals surface area contributed by atoms with Crippen LogP contribution < -0.4 is 10.2 Å². The van der Waals surface area contributed by atoms with Gasteiger partial charge in [0.1, 0.15) is 6.04 Å². The second kappa shape index (κ2) is 10.8. The van der Waals surface area contributed by atoms with Crippen molar-refractivity contribution in [3.8, 4) is 0 Å². The summed E-state index contributed by atoms with van der Waals surface area (Å²) in [4.78, 5) is 56.4. The molecule has 7 rings (SSSR count). The fourth-order valence-electron chi connectivity index (χ4n) is 7.12. The fraction of sp³-hybridized carbons (Fsp3) is 0.353. The van der Waals surface area contributed by atoms with Crippen LogP contribution in [0.1, 0.15) is 74.6 Å². The Balaban J connectivity index is 0.993. The van der Waals surface area contributed by atoms with Gasteiger partial charge in [-0.15, -0.1) is 0 Å². The molecule has 4 heterocycles. The quantitative estimate of drug-likeness (QED) is 0.475. The molecule has 2 saturated heterocycles. The highest BCUT2D eigenvalue weighted by Gasteiger charge is 2.39. The molecular formula is C34H34N4O4. The first-order chi connectivity index (χ1) is 20.5. The molecule has 3 aromatic rings. The number of likely N-dealkylation sites (tertiary alicyclic amines) is 1. The maximum atomic E-state index is 13.4. The zero-order chi connectivity index (χ0) is 28.8. The fourth-order valence-corrected chi connectivity index (χ4v) is 7.12. The molecule has 4 aliphatic rings. The highest BCUT2D eigenvalue weighted by molar-refractivity contribution is 6.08. The van der Waals surface area contributed by atoms with E-state index in [1.165, 1.54) is 16.7 Å². The van der Waals surface area contributed by atoms with E-state index in [0.717, 1.165) is 55.7 Å². The van der Waals surface area contributed by atoms with Crippen LogP contribution in [0.25, 0.3) is 0 Å². The molecule has 8 heteroatoms. The molecule has 2 fully saturated rings. The summed E-state index contributed by atoms with van der Waals surface area (Å²) in [5, 5.41) is 2.37. The number of nitrogens with zero attached hydrogens (tertiary/aromatic N) is 3. The lowest BCUT2D eigenvalue weighted by Crippen LogP contribution is -2.52. The second-order valence-electron chi connectivity index (χ2n) is 11.9. The van der Waals surface area contributed by atoms with E-state index < -0.39 is 6.04 Å². The number of amides is 4. The van der Waals surface area contributed by atoms with E-state index in [2.05, 4.69) is 28.4 Å². The standard InChI is InChI=1S/C34H34N4O4/c39-31-12-11-30(32(40)35-31)38-21-25-19-23(9-10-28(25)33(38)41)22-13-16-36(17-14-22)20-24-5-4-8-29-27(24)15-18-37(34(29)42)26-6-2-1-3-7-26/h1-10,19,22,30H,11-18,20-21H2,(H,35,39,40). The van der Waals surface area contributed by atoms with Crippen LogP contribution in [0.2, 0.25) is 0 Å². The van der Waals surface area contributed by atoms with E-state index in [1.807, 2.05) is 53.4 Å². The van der Waals surface area contributed by atoms with Crippen molar-refractivity contribution in [1.29, 1.82) is 0 Å². The maximum absolute atomic E-state index is 13.4. The van der Waals surface area contributed by atoms with E-state index in [1.54, 1.807) is 4.90 Å². The Kier molecular flexibility index (Phi) is 6.86. The number of nitrogens with one attached hydrogen (secondary N) is 1. The van der Waals surface area contributed by atoms with Crippen molar-refractivity contribution in [2.45, 2.75) is 57.2 Å². The molecule has 42 heavy (non-hydrogen) atoms. The minimum absolute atomic E-state index is 0.0780. The summed E-state index contributed by atoms with van der Waals surface area (Å²) in [6.07, 6.45) is 3.54. The predicted octanol–water partition coefficient (Wildman–Crippen LogP) is 4.03. The van der Waals surface area contributed by atoms with Gasteiger partial charge in [-0.2, -0.15) is 0 Å². The topological polar surface area (TPSA) is 90.0 Å². The molecule has 1 unspecified atom stereocenters. The minimum Gasteiger partial charge on any atom is -0.322 e. The van der Waals surface area contributed by atoms with E-state index in [4.69, 9.17) is 0 Å². The minimum atomic E-state index is -0.588. The first-order valence-electron chi connectivity index (χ1n) is 14.9. The van der Waals surface area contributed by atoms with Gasteiger partial charge in [0.2, 0.25) is 11.8 Å². The molecule has 0 saturated carbocycles. The van der Waals surface area contributed by atoms with Crippen molar-refractivity contribution < 1.29 is 19.2 Å². The Bertz CT molecular complexity index is 1580. The van der Waals surface area contributed by atoms with Gasteiger partial charge in [-0.25, -0.2) is 0 Å². The number of imide groups is 1. The van der Waals surface area contributed by atoms with E-state index in [-0.39, 0.29) is 30.0 Å². The summed E-state index contributed by atoms with van der Waals surface area (Å²) in [7, 11) is 0. The largest absolute Gasteiger partial charge is 0.322 e. The Morgan fingerprint density at radius 3 is 2.36 bits per heavy atom. The van der Waals surface area contributed by atoms with Crippen LogP contribution in [0.5, 0.6) is 0 Å². The third-order valence-corrected chi connectivity index (χ3v) is 9.40. The summed E-state index contributed by atoms with van der Waals surface area (Å²) in [5.74, 6) is -0.286. The molecule has 214 valence electrons. The summed E-state index contributed by atoms with van der Waals surface area (Å²) < 4.78 is 0. The highest BCUT2D eigenvalue weighted by atomic mass is 16.2. The number of hydrogen-bond acceptors (Lipinski definition) is 5. The zero-order valence-electron chi connectivity index (χ0n) is 23.6. The van der Waals surface area contributed by atoms with Crippen molar-refractivity contribution in [2.24, 2.45) is 0 Å². The number of carbonyl (C=O) groups is 4.